The Morgan fingerprint density at radius 1 is 0.970 bits per heavy atom. The fourth-order valence-corrected chi connectivity index (χ4v) is 4.49. The molecular weight excluding hydrogens is 420 g/mol. The van der Waals surface area contributed by atoms with E-state index in [4.69, 9.17) is 18.6 Å². The van der Waals surface area contributed by atoms with Gasteiger partial charge in [0.1, 0.15) is 11.3 Å². The minimum absolute atomic E-state index is 0.279. The highest BCUT2D eigenvalue weighted by molar-refractivity contribution is 5.84. The SMILES string of the molecule is CCOc1cc2c(C)c(CCN3CCN(c4ccccc4OC)CC3)c(=O)oc2cc1OC. The summed E-state index contributed by atoms with van der Waals surface area (Å²) in [6.07, 6.45) is 0.648. The van der Waals surface area contributed by atoms with Gasteiger partial charge in [-0.2, -0.15) is 0 Å². The maximum atomic E-state index is 12.8. The average Bonchev–Trinajstić information content (AvgIpc) is 2.84. The topological polar surface area (TPSA) is 64.4 Å². The van der Waals surface area contributed by atoms with Crippen LogP contribution in [0.4, 0.5) is 5.69 Å². The van der Waals surface area contributed by atoms with Gasteiger partial charge in [-0.3, -0.25) is 4.90 Å². The number of hydrogen-bond acceptors (Lipinski definition) is 7. The molecule has 0 radical (unpaired) electrons. The smallest absolute Gasteiger partial charge is 0.339 e. The highest BCUT2D eigenvalue weighted by Gasteiger charge is 2.21. The van der Waals surface area contributed by atoms with Crippen molar-refractivity contribution < 1.29 is 18.6 Å². The maximum Gasteiger partial charge on any atom is 0.339 e. The number of fused-ring (bicyclic) bond motifs is 1. The molecule has 2 heterocycles. The molecule has 0 spiro atoms. The van der Waals surface area contributed by atoms with E-state index in [1.165, 1.54) is 0 Å². The van der Waals surface area contributed by atoms with Crippen LogP contribution in [0.3, 0.4) is 0 Å². The molecule has 1 aromatic heterocycles. The first-order chi connectivity index (χ1) is 16.0. The number of piperazine rings is 1. The van der Waals surface area contributed by atoms with E-state index in [1.807, 2.05) is 38.1 Å². The summed E-state index contributed by atoms with van der Waals surface area (Å²) in [4.78, 5) is 17.5. The summed E-state index contributed by atoms with van der Waals surface area (Å²) in [6, 6.07) is 11.8. The zero-order valence-corrected chi connectivity index (χ0v) is 19.8. The predicted octanol–water partition coefficient (Wildman–Crippen LogP) is 3.88. The molecule has 33 heavy (non-hydrogen) atoms. The molecule has 0 bridgehead atoms. The zero-order valence-electron chi connectivity index (χ0n) is 19.8. The van der Waals surface area contributed by atoms with E-state index in [0.717, 1.165) is 60.7 Å². The van der Waals surface area contributed by atoms with Gasteiger partial charge in [0.05, 0.1) is 26.5 Å². The predicted molar refractivity (Wildman–Crippen MR) is 130 cm³/mol. The molecule has 0 saturated carbocycles. The van der Waals surface area contributed by atoms with Crippen LogP contribution in [0.15, 0.2) is 45.6 Å². The van der Waals surface area contributed by atoms with Crippen LogP contribution in [0.25, 0.3) is 11.0 Å². The van der Waals surface area contributed by atoms with Gasteiger partial charge in [0.2, 0.25) is 0 Å². The van der Waals surface area contributed by atoms with E-state index in [0.29, 0.717) is 30.1 Å². The monoisotopic (exact) mass is 452 g/mol. The molecule has 0 aliphatic carbocycles. The molecule has 7 heteroatoms. The largest absolute Gasteiger partial charge is 0.495 e. The summed E-state index contributed by atoms with van der Waals surface area (Å²) in [6.45, 7) is 8.96. The van der Waals surface area contributed by atoms with Crippen LogP contribution in [0.1, 0.15) is 18.1 Å². The molecule has 1 fully saturated rings. The Labute approximate surface area is 194 Å². The average molecular weight is 453 g/mol. The zero-order chi connectivity index (χ0) is 23.4. The van der Waals surface area contributed by atoms with Crippen molar-refractivity contribution in [1.29, 1.82) is 0 Å². The van der Waals surface area contributed by atoms with Crippen LogP contribution >= 0.6 is 0 Å². The van der Waals surface area contributed by atoms with Gasteiger partial charge in [-0.1, -0.05) is 12.1 Å². The van der Waals surface area contributed by atoms with Gasteiger partial charge >= 0.3 is 5.63 Å². The van der Waals surface area contributed by atoms with Crippen LogP contribution in [0.2, 0.25) is 0 Å². The first-order valence-electron chi connectivity index (χ1n) is 11.4. The lowest BCUT2D eigenvalue weighted by molar-refractivity contribution is 0.259. The van der Waals surface area contributed by atoms with E-state index < -0.39 is 0 Å². The Morgan fingerprint density at radius 3 is 2.39 bits per heavy atom. The van der Waals surface area contributed by atoms with Gasteiger partial charge in [-0.25, -0.2) is 4.79 Å². The van der Waals surface area contributed by atoms with Crippen molar-refractivity contribution in [2.45, 2.75) is 20.3 Å². The normalized spacial score (nSPS) is 14.5. The molecule has 4 rings (SSSR count). The number of benzene rings is 2. The molecule has 0 atom stereocenters. The van der Waals surface area contributed by atoms with E-state index in [2.05, 4.69) is 15.9 Å². The number of hydrogen-bond donors (Lipinski definition) is 0. The van der Waals surface area contributed by atoms with Crippen molar-refractivity contribution in [1.82, 2.24) is 4.90 Å². The summed E-state index contributed by atoms with van der Waals surface area (Å²) in [7, 11) is 3.29. The number of aryl methyl sites for hydroxylation is 1. The Balaban J connectivity index is 1.47. The Bertz CT molecular complexity index is 1170. The van der Waals surface area contributed by atoms with Crippen molar-refractivity contribution in [2.24, 2.45) is 0 Å². The van der Waals surface area contributed by atoms with E-state index in [-0.39, 0.29) is 5.63 Å². The summed E-state index contributed by atoms with van der Waals surface area (Å²) < 4.78 is 22.3. The minimum atomic E-state index is -0.279. The van der Waals surface area contributed by atoms with Crippen LogP contribution in [0.5, 0.6) is 17.2 Å². The van der Waals surface area contributed by atoms with Gasteiger partial charge in [-0.05, 0) is 44.0 Å². The second-order valence-electron chi connectivity index (χ2n) is 8.18. The number of methoxy groups -OCH3 is 2. The second kappa shape index (κ2) is 10.2. The summed E-state index contributed by atoms with van der Waals surface area (Å²) in [5, 5.41) is 0.884. The van der Waals surface area contributed by atoms with Gasteiger partial charge < -0.3 is 23.5 Å². The molecule has 1 aliphatic rings. The molecule has 7 nitrogen and oxygen atoms in total. The third-order valence-electron chi connectivity index (χ3n) is 6.35. The number of anilines is 1. The first kappa shape index (κ1) is 23.0. The van der Waals surface area contributed by atoms with Gasteiger partial charge in [0, 0.05) is 49.7 Å². The highest BCUT2D eigenvalue weighted by atomic mass is 16.5. The second-order valence-corrected chi connectivity index (χ2v) is 8.18. The first-order valence-corrected chi connectivity index (χ1v) is 11.4. The minimum Gasteiger partial charge on any atom is -0.495 e. The molecule has 176 valence electrons. The van der Waals surface area contributed by atoms with Crippen molar-refractivity contribution in [3.63, 3.8) is 0 Å². The van der Waals surface area contributed by atoms with Crippen LogP contribution in [-0.2, 0) is 6.42 Å². The van der Waals surface area contributed by atoms with Crippen molar-refractivity contribution in [2.75, 3.05) is 58.5 Å². The van der Waals surface area contributed by atoms with E-state index in [9.17, 15) is 4.79 Å². The van der Waals surface area contributed by atoms with Crippen LogP contribution < -0.4 is 24.7 Å². The summed E-state index contributed by atoms with van der Waals surface area (Å²) >= 11 is 0. The standard InChI is InChI=1S/C26H32N2O5/c1-5-32-25-16-20-18(2)19(26(29)33-23(20)17-24(25)31-4)10-11-27-12-14-28(15-13-27)21-8-6-7-9-22(21)30-3/h6-9,16-17H,5,10-15H2,1-4H3. The molecule has 0 N–H and O–H groups in total. The van der Waals surface area contributed by atoms with Crippen LogP contribution in [-0.4, -0.2) is 58.5 Å². The molecular formula is C26H32N2O5. The van der Waals surface area contributed by atoms with Gasteiger partial charge in [-0.15, -0.1) is 0 Å². The molecule has 1 aliphatic heterocycles. The molecule has 1 saturated heterocycles. The number of nitrogens with zero attached hydrogens (tertiary/aromatic N) is 2. The summed E-state index contributed by atoms with van der Waals surface area (Å²) in [5.74, 6) is 2.12. The molecule has 2 aromatic carbocycles. The Kier molecular flexibility index (Phi) is 7.08. The lowest BCUT2D eigenvalue weighted by Crippen LogP contribution is -2.47. The lowest BCUT2D eigenvalue weighted by atomic mass is 10.0. The third kappa shape index (κ3) is 4.78. The molecule has 0 unspecified atom stereocenters. The Morgan fingerprint density at radius 2 is 1.70 bits per heavy atom. The number of para-hydroxylation sites is 2. The highest BCUT2D eigenvalue weighted by Crippen LogP contribution is 2.34. The molecule has 0 amide bonds. The van der Waals surface area contributed by atoms with E-state index >= 15 is 0 Å². The van der Waals surface area contributed by atoms with Crippen molar-refractivity contribution in [3.8, 4) is 17.2 Å². The fourth-order valence-electron chi connectivity index (χ4n) is 4.49. The van der Waals surface area contributed by atoms with Gasteiger partial charge in [0.25, 0.3) is 0 Å². The summed E-state index contributed by atoms with van der Waals surface area (Å²) in [5.41, 5.74) is 3.04. The van der Waals surface area contributed by atoms with Gasteiger partial charge in [0.15, 0.2) is 11.5 Å². The third-order valence-corrected chi connectivity index (χ3v) is 6.35. The van der Waals surface area contributed by atoms with Crippen molar-refractivity contribution in [3.05, 3.63) is 57.9 Å². The van der Waals surface area contributed by atoms with Crippen molar-refractivity contribution >= 4 is 16.7 Å². The lowest BCUT2D eigenvalue weighted by Gasteiger charge is -2.36. The van der Waals surface area contributed by atoms with Crippen LogP contribution in [0, 0.1) is 6.92 Å². The quantitative estimate of drug-likeness (QED) is 0.481. The number of ether oxygens (including phenoxy) is 3. The van der Waals surface area contributed by atoms with E-state index in [1.54, 1.807) is 20.3 Å². The maximum absolute atomic E-state index is 12.8. The fraction of sp³-hybridized carbons (Fsp3) is 0.423. The molecule has 3 aromatic rings. The Hall–Kier alpha value is -3.19. The number of rotatable bonds is 8.